The highest BCUT2D eigenvalue weighted by molar-refractivity contribution is 7.80. The van der Waals surface area contributed by atoms with Gasteiger partial charge in [-0.1, -0.05) is 0 Å². The fraction of sp³-hybridized carbons (Fsp3) is 0.846. The average Bonchev–Trinajstić information content (AvgIpc) is 2.77. The van der Waals surface area contributed by atoms with Crippen molar-refractivity contribution in [3.05, 3.63) is 0 Å². The van der Waals surface area contributed by atoms with E-state index in [9.17, 15) is 18.0 Å². The van der Waals surface area contributed by atoms with Crippen molar-refractivity contribution < 1.29 is 31.6 Å². The van der Waals surface area contributed by atoms with Crippen molar-refractivity contribution in [2.24, 2.45) is 5.92 Å². The van der Waals surface area contributed by atoms with Crippen LogP contribution in [0.1, 0.15) is 25.7 Å². The zero-order chi connectivity index (χ0) is 17.3. The molecule has 0 unspecified atom stereocenters. The van der Waals surface area contributed by atoms with E-state index in [-0.39, 0.29) is 12.5 Å². The minimum atomic E-state index is -4.78. The minimum absolute atomic E-state index is 0.198. The van der Waals surface area contributed by atoms with E-state index in [0.717, 1.165) is 12.8 Å². The van der Waals surface area contributed by atoms with Gasteiger partial charge in [0.25, 0.3) is 0 Å². The van der Waals surface area contributed by atoms with Gasteiger partial charge in [-0.15, -0.1) is 4.28 Å². The number of urea groups is 1. The van der Waals surface area contributed by atoms with Crippen molar-refractivity contribution in [1.29, 1.82) is 0 Å². The molecule has 0 spiro atoms. The van der Waals surface area contributed by atoms with Gasteiger partial charge in [0.05, 0.1) is 6.04 Å². The number of fused-ring (bicyclic) bond motifs is 2. The molecule has 3 rings (SSSR count). The Morgan fingerprint density at radius 2 is 2.00 bits per heavy atom. The number of hydrogen-bond acceptors (Lipinski definition) is 6. The van der Waals surface area contributed by atoms with Crippen LogP contribution in [0, 0.1) is 5.92 Å². The normalized spacial score (nSPS) is 28.3. The molecular weight excluding hydrogens is 342 g/mol. The van der Waals surface area contributed by atoms with E-state index >= 15 is 0 Å². The summed E-state index contributed by atoms with van der Waals surface area (Å²) in [5, 5.41) is 3.51. The molecule has 3 heterocycles. The Bertz CT molecular complexity index is 605. The predicted molar refractivity (Wildman–Crippen MR) is 79.9 cm³/mol. The maximum Gasteiger partial charge on any atom is 0.418 e. The summed E-state index contributed by atoms with van der Waals surface area (Å²) in [6.07, 6.45) is 2.63. The van der Waals surface area contributed by atoms with Gasteiger partial charge >= 0.3 is 16.4 Å². The molecule has 10 nitrogen and oxygen atoms in total. The van der Waals surface area contributed by atoms with Crippen LogP contribution in [-0.2, 0) is 24.2 Å². The first-order chi connectivity index (χ1) is 11.3. The maximum absolute atomic E-state index is 12.4. The second-order valence-corrected chi connectivity index (χ2v) is 7.32. The second kappa shape index (κ2) is 6.82. The first-order valence-corrected chi connectivity index (χ1v) is 9.34. The van der Waals surface area contributed by atoms with Crippen LogP contribution in [0.15, 0.2) is 0 Å². The minimum Gasteiger partial charge on any atom is -0.381 e. The zero-order valence-corrected chi connectivity index (χ0v) is 13.9. The van der Waals surface area contributed by atoms with E-state index in [1.807, 2.05) is 0 Å². The third-order valence-electron chi connectivity index (χ3n) is 4.71. The van der Waals surface area contributed by atoms with E-state index in [4.69, 9.17) is 9.29 Å². The third-order valence-corrected chi connectivity index (χ3v) is 5.05. The standard InChI is InChI=1S/C13H21N3O7S/c17-12(14-7-9-3-5-22-6-4-9)11-2-1-10-8-15(11)13(18)16(10)23-24(19,20)21/h9-11H,1-8H2,(H,14,17)(H,19,20,21)/t10-,11+/m1/s1. The first kappa shape index (κ1) is 17.4. The number of hydroxylamine groups is 2. The van der Waals surface area contributed by atoms with Crippen molar-refractivity contribution >= 4 is 22.3 Å². The quantitative estimate of drug-likeness (QED) is 0.633. The molecule has 0 aromatic rings. The number of amides is 3. The number of carbonyl (C=O) groups excluding carboxylic acids is 2. The summed E-state index contributed by atoms with van der Waals surface area (Å²) in [6.45, 7) is 2.12. The largest absolute Gasteiger partial charge is 0.418 e. The van der Waals surface area contributed by atoms with Gasteiger partial charge in [-0.2, -0.15) is 13.5 Å². The number of hydrogen-bond donors (Lipinski definition) is 2. The topological polar surface area (TPSA) is 125 Å². The number of nitrogens with zero attached hydrogens (tertiary/aromatic N) is 2. The Balaban J connectivity index is 1.58. The van der Waals surface area contributed by atoms with Gasteiger partial charge in [0.2, 0.25) is 5.91 Å². The fourth-order valence-electron chi connectivity index (χ4n) is 3.42. The molecule has 2 N–H and O–H groups in total. The van der Waals surface area contributed by atoms with Crippen molar-refractivity contribution in [2.75, 3.05) is 26.3 Å². The highest BCUT2D eigenvalue weighted by atomic mass is 32.3. The zero-order valence-electron chi connectivity index (χ0n) is 13.1. The van der Waals surface area contributed by atoms with Crippen LogP contribution >= 0.6 is 0 Å². The number of ether oxygens (including phenoxy) is 1. The van der Waals surface area contributed by atoms with Gasteiger partial charge in [0.1, 0.15) is 6.04 Å². The summed E-state index contributed by atoms with van der Waals surface area (Å²) < 4.78 is 40.1. The number of nitrogens with one attached hydrogen (secondary N) is 1. The van der Waals surface area contributed by atoms with Gasteiger partial charge in [-0.3, -0.25) is 9.35 Å². The molecule has 2 atom stereocenters. The van der Waals surface area contributed by atoms with Crippen LogP contribution in [0.4, 0.5) is 4.79 Å². The first-order valence-electron chi connectivity index (χ1n) is 7.97. The van der Waals surface area contributed by atoms with Crippen LogP contribution in [0.3, 0.4) is 0 Å². The van der Waals surface area contributed by atoms with Gasteiger partial charge in [0, 0.05) is 26.3 Å². The Morgan fingerprint density at radius 3 is 2.67 bits per heavy atom. The molecule has 0 aliphatic carbocycles. The molecule has 2 bridgehead atoms. The summed E-state index contributed by atoms with van der Waals surface area (Å²) in [5.74, 6) is 0.120. The lowest BCUT2D eigenvalue weighted by Crippen LogP contribution is -2.50. The van der Waals surface area contributed by atoms with Gasteiger partial charge in [-0.25, -0.2) is 4.79 Å². The molecular formula is C13H21N3O7S. The van der Waals surface area contributed by atoms with Gasteiger partial charge < -0.3 is 15.0 Å². The molecule has 3 amide bonds. The van der Waals surface area contributed by atoms with Crippen molar-refractivity contribution in [1.82, 2.24) is 15.3 Å². The third kappa shape index (κ3) is 3.79. The molecule has 0 aromatic carbocycles. The molecule has 0 saturated carbocycles. The Morgan fingerprint density at radius 1 is 1.29 bits per heavy atom. The highest BCUT2D eigenvalue weighted by Gasteiger charge is 2.49. The summed E-state index contributed by atoms with van der Waals surface area (Å²) in [4.78, 5) is 25.9. The summed E-state index contributed by atoms with van der Waals surface area (Å²) in [7, 11) is -4.78. The molecule has 0 aromatic heterocycles. The molecule has 136 valence electrons. The van der Waals surface area contributed by atoms with Crippen molar-refractivity contribution in [3.8, 4) is 0 Å². The van der Waals surface area contributed by atoms with Crippen LogP contribution in [-0.4, -0.2) is 73.3 Å². The van der Waals surface area contributed by atoms with Crippen molar-refractivity contribution in [3.63, 3.8) is 0 Å². The number of carbonyl (C=O) groups is 2. The molecule has 3 aliphatic heterocycles. The monoisotopic (exact) mass is 363 g/mol. The summed E-state index contributed by atoms with van der Waals surface area (Å²) >= 11 is 0. The van der Waals surface area contributed by atoms with Crippen LogP contribution < -0.4 is 5.32 Å². The second-order valence-electron chi connectivity index (χ2n) is 6.31. The molecule has 3 fully saturated rings. The van der Waals surface area contributed by atoms with E-state index in [0.29, 0.717) is 43.6 Å². The van der Waals surface area contributed by atoms with Crippen LogP contribution in [0.2, 0.25) is 0 Å². The van der Waals surface area contributed by atoms with Gasteiger partial charge in [0.15, 0.2) is 0 Å². The molecule has 11 heteroatoms. The maximum atomic E-state index is 12.4. The van der Waals surface area contributed by atoms with Crippen LogP contribution in [0.5, 0.6) is 0 Å². The van der Waals surface area contributed by atoms with E-state index in [1.54, 1.807) is 0 Å². The summed E-state index contributed by atoms with van der Waals surface area (Å²) in [5.41, 5.74) is 0. The SMILES string of the molecule is O=C(NCC1CCOCC1)[C@@H]1CC[C@@H]2CN1C(=O)N2OS(=O)(=O)O. The fourth-order valence-corrected chi connectivity index (χ4v) is 3.81. The van der Waals surface area contributed by atoms with E-state index < -0.39 is 28.5 Å². The molecule has 3 aliphatic rings. The number of piperidine rings is 1. The lowest BCUT2D eigenvalue weighted by molar-refractivity contribution is -0.126. The van der Waals surface area contributed by atoms with Crippen molar-refractivity contribution in [2.45, 2.75) is 37.8 Å². The predicted octanol–water partition coefficient (Wildman–Crippen LogP) is -0.468. The molecule has 0 radical (unpaired) electrons. The Hall–Kier alpha value is -1.43. The molecule has 24 heavy (non-hydrogen) atoms. The smallest absolute Gasteiger partial charge is 0.381 e. The van der Waals surface area contributed by atoms with E-state index in [1.165, 1.54) is 4.90 Å². The van der Waals surface area contributed by atoms with E-state index in [2.05, 4.69) is 9.60 Å². The molecule has 3 saturated heterocycles. The van der Waals surface area contributed by atoms with Crippen LogP contribution in [0.25, 0.3) is 0 Å². The highest BCUT2D eigenvalue weighted by Crippen LogP contribution is 2.30. The lowest BCUT2D eigenvalue weighted by atomic mass is 9.98. The Kier molecular flexibility index (Phi) is 4.95. The lowest BCUT2D eigenvalue weighted by Gasteiger charge is -2.30. The summed E-state index contributed by atoms with van der Waals surface area (Å²) in [6, 6.07) is -1.86. The number of rotatable bonds is 5. The van der Waals surface area contributed by atoms with Gasteiger partial charge in [-0.05, 0) is 31.6 Å². The average molecular weight is 363 g/mol. The Labute approximate surface area is 140 Å².